The molecule has 0 N–H and O–H groups in total. The number of nitro benzene ring substituents is 1. The summed E-state index contributed by atoms with van der Waals surface area (Å²) in [6, 6.07) is 26.1. The zero-order valence-corrected chi connectivity index (χ0v) is 14.7. The van der Waals surface area contributed by atoms with E-state index in [1.165, 1.54) is 6.07 Å². The van der Waals surface area contributed by atoms with Crippen LogP contribution in [0, 0.1) is 10.1 Å². The quantitative estimate of drug-likeness (QED) is 0.281. The molecule has 1 aromatic heterocycles. The monoisotopic (exact) mass is 366 g/mol. The van der Waals surface area contributed by atoms with E-state index in [0.29, 0.717) is 17.0 Å². The van der Waals surface area contributed by atoms with Crippen LogP contribution in [0.15, 0.2) is 89.3 Å². The Morgan fingerprint density at radius 3 is 2.25 bits per heavy atom. The third kappa shape index (κ3) is 2.53. The molecule has 5 heteroatoms. The summed E-state index contributed by atoms with van der Waals surface area (Å²) in [5.74, 6) is 0.528. The number of hydrogen-bond acceptors (Lipinski definition) is 4. The summed E-state index contributed by atoms with van der Waals surface area (Å²) < 4.78 is 6.04. The van der Waals surface area contributed by atoms with Gasteiger partial charge in [0.25, 0.3) is 5.69 Å². The molecular formula is C23H14N2O3. The maximum Gasteiger partial charge on any atom is 0.277 e. The van der Waals surface area contributed by atoms with Crippen molar-refractivity contribution in [3.05, 3.63) is 95.0 Å². The first-order chi connectivity index (χ1) is 13.7. The van der Waals surface area contributed by atoms with E-state index in [-0.39, 0.29) is 10.6 Å². The van der Waals surface area contributed by atoms with E-state index in [4.69, 9.17) is 9.40 Å². The lowest BCUT2D eigenvalue weighted by molar-refractivity contribution is -0.384. The Morgan fingerprint density at radius 1 is 0.786 bits per heavy atom. The van der Waals surface area contributed by atoms with Gasteiger partial charge >= 0.3 is 0 Å². The average Bonchev–Trinajstić information content (AvgIpc) is 3.18. The number of nitrogens with zero attached hydrogens (tertiary/aromatic N) is 2. The lowest BCUT2D eigenvalue weighted by atomic mass is 9.96. The Labute approximate surface area is 160 Å². The Morgan fingerprint density at radius 2 is 1.46 bits per heavy atom. The molecule has 1 heterocycles. The molecule has 0 unspecified atom stereocenters. The molecular weight excluding hydrogens is 352 g/mol. The minimum absolute atomic E-state index is 0.0646. The fourth-order valence-electron chi connectivity index (χ4n) is 3.54. The second-order valence-corrected chi connectivity index (χ2v) is 6.48. The third-order valence-corrected chi connectivity index (χ3v) is 4.81. The molecule has 0 aliphatic carbocycles. The van der Waals surface area contributed by atoms with Crippen molar-refractivity contribution in [3.63, 3.8) is 0 Å². The molecule has 0 atom stereocenters. The van der Waals surface area contributed by atoms with Crippen LogP contribution in [0.4, 0.5) is 5.69 Å². The van der Waals surface area contributed by atoms with Crippen LogP contribution in [0.1, 0.15) is 0 Å². The summed E-state index contributed by atoms with van der Waals surface area (Å²) in [6.45, 7) is 0. The number of oxazole rings is 1. The zero-order valence-electron chi connectivity index (χ0n) is 14.7. The zero-order chi connectivity index (χ0) is 19.1. The van der Waals surface area contributed by atoms with Gasteiger partial charge in [-0.3, -0.25) is 10.1 Å². The summed E-state index contributed by atoms with van der Waals surface area (Å²) in [5.41, 5.74) is 3.61. The maximum absolute atomic E-state index is 11.6. The van der Waals surface area contributed by atoms with Gasteiger partial charge in [-0.2, -0.15) is 0 Å². The van der Waals surface area contributed by atoms with Crippen LogP contribution in [0.3, 0.4) is 0 Å². The highest BCUT2D eigenvalue weighted by Gasteiger charge is 2.20. The van der Waals surface area contributed by atoms with Gasteiger partial charge in [0.05, 0.1) is 10.5 Å². The average molecular weight is 366 g/mol. The largest absolute Gasteiger partial charge is 0.436 e. The number of fused-ring (bicyclic) bond motifs is 3. The van der Waals surface area contributed by atoms with E-state index < -0.39 is 0 Å². The Bertz CT molecular complexity index is 1340. The predicted molar refractivity (Wildman–Crippen MR) is 109 cm³/mol. The summed E-state index contributed by atoms with van der Waals surface area (Å²) >= 11 is 0. The van der Waals surface area contributed by atoms with Crippen molar-refractivity contribution in [2.75, 3.05) is 0 Å². The van der Waals surface area contributed by atoms with Crippen LogP contribution in [0.2, 0.25) is 0 Å². The Balaban J connectivity index is 1.85. The third-order valence-electron chi connectivity index (χ3n) is 4.81. The fourth-order valence-corrected chi connectivity index (χ4v) is 3.54. The number of nitro groups is 1. The van der Waals surface area contributed by atoms with Crippen molar-refractivity contribution in [2.24, 2.45) is 0 Å². The van der Waals surface area contributed by atoms with Crippen molar-refractivity contribution >= 4 is 27.6 Å². The van der Waals surface area contributed by atoms with E-state index in [1.807, 2.05) is 60.7 Å². The van der Waals surface area contributed by atoms with Gasteiger partial charge in [0.1, 0.15) is 5.52 Å². The molecule has 28 heavy (non-hydrogen) atoms. The molecule has 0 aliphatic heterocycles. The highest BCUT2D eigenvalue weighted by Crippen LogP contribution is 2.39. The molecule has 4 aromatic carbocycles. The van der Waals surface area contributed by atoms with Crippen LogP contribution >= 0.6 is 0 Å². The van der Waals surface area contributed by atoms with Gasteiger partial charge in [-0.25, -0.2) is 4.98 Å². The fraction of sp³-hybridized carbons (Fsp3) is 0. The summed E-state index contributed by atoms with van der Waals surface area (Å²) in [6.07, 6.45) is 0. The second-order valence-electron chi connectivity index (χ2n) is 6.48. The van der Waals surface area contributed by atoms with Crippen LogP contribution in [-0.2, 0) is 0 Å². The maximum atomic E-state index is 11.6. The molecule has 0 bridgehead atoms. The van der Waals surface area contributed by atoms with Gasteiger partial charge in [-0.15, -0.1) is 0 Å². The van der Waals surface area contributed by atoms with Gasteiger partial charge in [0.2, 0.25) is 5.89 Å². The van der Waals surface area contributed by atoms with Crippen molar-refractivity contribution in [2.45, 2.75) is 0 Å². The first-order valence-electron chi connectivity index (χ1n) is 8.84. The lowest BCUT2D eigenvalue weighted by Gasteiger charge is -2.08. The van der Waals surface area contributed by atoms with Gasteiger partial charge in [0, 0.05) is 22.6 Å². The second kappa shape index (κ2) is 6.32. The molecule has 0 spiro atoms. The van der Waals surface area contributed by atoms with Crippen molar-refractivity contribution in [3.8, 4) is 22.6 Å². The van der Waals surface area contributed by atoms with Crippen LogP contribution in [-0.4, -0.2) is 9.91 Å². The number of hydrogen-bond donors (Lipinski definition) is 0. The molecule has 5 nitrogen and oxygen atoms in total. The molecule has 134 valence electrons. The SMILES string of the molecule is O=[N+]([O-])c1ccccc1-c1cc2oc(-c3ccccc3)nc2c2ccccc12. The topological polar surface area (TPSA) is 69.2 Å². The minimum atomic E-state index is -0.357. The standard InChI is InChI=1S/C23H14N2O3/c26-25(27)20-13-7-6-11-17(20)19-14-21-22(18-12-5-4-10-16(18)19)24-23(28-21)15-8-2-1-3-9-15/h1-14H. The molecule has 0 aliphatic rings. The number of para-hydroxylation sites is 1. The summed E-state index contributed by atoms with van der Waals surface area (Å²) in [4.78, 5) is 15.9. The highest BCUT2D eigenvalue weighted by molar-refractivity contribution is 6.12. The van der Waals surface area contributed by atoms with E-state index in [9.17, 15) is 10.1 Å². The first-order valence-corrected chi connectivity index (χ1v) is 8.84. The lowest BCUT2D eigenvalue weighted by Crippen LogP contribution is -1.92. The van der Waals surface area contributed by atoms with E-state index in [1.54, 1.807) is 18.2 Å². The van der Waals surface area contributed by atoms with Crippen molar-refractivity contribution < 1.29 is 9.34 Å². The van der Waals surface area contributed by atoms with Crippen LogP contribution in [0.5, 0.6) is 0 Å². The number of rotatable bonds is 3. The molecule has 0 amide bonds. The van der Waals surface area contributed by atoms with Gasteiger partial charge in [0.15, 0.2) is 5.58 Å². The van der Waals surface area contributed by atoms with Gasteiger partial charge < -0.3 is 4.42 Å². The van der Waals surface area contributed by atoms with Crippen LogP contribution in [0.25, 0.3) is 44.5 Å². The minimum Gasteiger partial charge on any atom is -0.436 e. The van der Waals surface area contributed by atoms with E-state index in [0.717, 1.165) is 27.4 Å². The summed E-state index contributed by atoms with van der Waals surface area (Å²) in [7, 11) is 0. The highest BCUT2D eigenvalue weighted by atomic mass is 16.6. The number of aromatic nitrogens is 1. The smallest absolute Gasteiger partial charge is 0.277 e. The summed E-state index contributed by atoms with van der Waals surface area (Å²) in [5, 5.41) is 13.4. The molecule has 0 saturated carbocycles. The van der Waals surface area contributed by atoms with Crippen molar-refractivity contribution in [1.82, 2.24) is 4.98 Å². The number of benzene rings is 4. The molecule has 0 radical (unpaired) electrons. The first kappa shape index (κ1) is 16.2. The molecule has 5 rings (SSSR count). The van der Waals surface area contributed by atoms with Gasteiger partial charge in [-0.05, 0) is 29.7 Å². The molecule has 0 saturated heterocycles. The van der Waals surface area contributed by atoms with Crippen LogP contribution < -0.4 is 0 Å². The Kier molecular flexibility index (Phi) is 3.66. The normalized spacial score (nSPS) is 11.1. The van der Waals surface area contributed by atoms with E-state index in [2.05, 4.69) is 0 Å². The Hall–Kier alpha value is -3.99. The molecule has 0 fully saturated rings. The van der Waals surface area contributed by atoms with E-state index >= 15 is 0 Å². The predicted octanol–water partition coefficient (Wildman–Crippen LogP) is 6.22. The van der Waals surface area contributed by atoms with Gasteiger partial charge in [-0.1, -0.05) is 54.6 Å². The van der Waals surface area contributed by atoms with Crippen molar-refractivity contribution in [1.29, 1.82) is 0 Å². The molecule has 5 aromatic rings.